The van der Waals surface area contributed by atoms with Crippen molar-refractivity contribution in [2.45, 2.75) is 38.9 Å². The number of carbonyl (C=O) groups excluding carboxylic acids is 2. The van der Waals surface area contributed by atoms with Gasteiger partial charge in [0.25, 0.3) is 11.7 Å². The molecule has 1 aromatic carbocycles. The lowest BCUT2D eigenvalue weighted by Gasteiger charge is -2.36. The maximum absolute atomic E-state index is 13.5. The van der Waals surface area contributed by atoms with Gasteiger partial charge in [-0.15, -0.1) is 0 Å². The molecule has 0 aromatic heterocycles. The third-order valence-electron chi connectivity index (χ3n) is 3.98. The van der Waals surface area contributed by atoms with Gasteiger partial charge in [0.15, 0.2) is 8.32 Å². The lowest BCUT2D eigenvalue weighted by Crippen LogP contribution is -2.43. The quantitative estimate of drug-likeness (QED) is 0.378. The normalized spacial score (nSPS) is 12.1. The SMILES string of the molecule is CC(C)(C)[Si](C)(C)OCCNC(=O)C(=O)c1ccccc1F. The summed E-state index contributed by atoms with van der Waals surface area (Å²) in [7, 11) is -1.87. The number of amides is 1. The van der Waals surface area contributed by atoms with Crippen LogP contribution in [0.4, 0.5) is 4.39 Å². The zero-order chi connectivity index (χ0) is 17.0. The van der Waals surface area contributed by atoms with Crippen LogP contribution in [0.5, 0.6) is 0 Å². The van der Waals surface area contributed by atoms with Crippen molar-refractivity contribution in [1.82, 2.24) is 5.32 Å². The van der Waals surface area contributed by atoms with E-state index < -0.39 is 25.8 Å². The van der Waals surface area contributed by atoms with Crippen LogP contribution in [-0.2, 0) is 9.22 Å². The van der Waals surface area contributed by atoms with Crippen LogP contribution in [0.15, 0.2) is 24.3 Å². The molecule has 6 heteroatoms. The molecule has 1 aromatic rings. The van der Waals surface area contributed by atoms with E-state index in [1.807, 2.05) is 0 Å². The summed E-state index contributed by atoms with van der Waals surface area (Å²) in [6.07, 6.45) is 0. The molecule has 1 rings (SSSR count). The standard InChI is InChI=1S/C16H24FNO3Si/c1-16(2,3)22(4,5)21-11-10-18-15(20)14(19)12-8-6-7-9-13(12)17/h6-9H,10-11H2,1-5H3,(H,18,20). The second kappa shape index (κ2) is 7.15. The summed E-state index contributed by atoms with van der Waals surface area (Å²) in [4.78, 5) is 23.6. The monoisotopic (exact) mass is 325 g/mol. The molecule has 0 aliphatic carbocycles. The summed E-state index contributed by atoms with van der Waals surface area (Å²) in [6, 6.07) is 5.44. The molecular formula is C16H24FNO3Si. The minimum absolute atomic E-state index is 0.0833. The van der Waals surface area contributed by atoms with Gasteiger partial charge in [-0.05, 0) is 30.3 Å². The molecule has 122 valence electrons. The number of rotatable bonds is 6. The molecule has 0 unspecified atom stereocenters. The van der Waals surface area contributed by atoms with Gasteiger partial charge in [0, 0.05) is 6.54 Å². The van der Waals surface area contributed by atoms with Gasteiger partial charge in [-0.25, -0.2) is 4.39 Å². The van der Waals surface area contributed by atoms with Gasteiger partial charge >= 0.3 is 0 Å². The van der Waals surface area contributed by atoms with E-state index in [9.17, 15) is 14.0 Å². The van der Waals surface area contributed by atoms with Gasteiger partial charge in [-0.2, -0.15) is 0 Å². The average molecular weight is 325 g/mol. The second-order valence-electron chi connectivity index (χ2n) is 6.67. The third-order valence-corrected chi connectivity index (χ3v) is 8.52. The summed E-state index contributed by atoms with van der Waals surface area (Å²) in [6.45, 7) is 11.2. The van der Waals surface area contributed by atoms with Crippen molar-refractivity contribution in [2.75, 3.05) is 13.2 Å². The van der Waals surface area contributed by atoms with Crippen LogP contribution in [0.1, 0.15) is 31.1 Å². The summed E-state index contributed by atoms with van der Waals surface area (Å²) in [5.41, 5.74) is -0.217. The summed E-state index contributed by atoms with van der Waals surface area (Å²) < 4.78 is 19.3. The highest BCUT2D eigenvalue weighted by molar-refractivity contribution is 6.74. The van der Waals surface area contributed by atoms with Gasteiger partial charge < -0.3 is 9.74 Å². The van der Waals surface area contributed by atoms with E-state index in [0.717, 1.165) is 6.07 Å². The Morgan fingerprint density at radius 1 is 1.23 bits per heavy atom. The Hall–Kier alpha value is -1.53. The third kappa shape index (κ3) is 4.74. The van der Waals surface area contributed by atoms with Crippen molar-refractivity contribution >= 4 is 20.0 Å². The van der Waals surface area contributed by atoms with Gasteiger partial charge in [-0.1, -0.05) is 32.9 Å². The fraction of sp³-hybridized carbons (Fsp3) is 0.500. The predicted molar refractivity (Wildman–Crippen MR) is 86.9 cm³/mol. The first-order chi connectivity index (χ1) is 10.1. The van der Waals surface area contributed by atoms with Crippen molar-refractivity contribution < 1.29 is 18.4 Å². The Labute approximate surface area is 132 Å². The lowest BCUT2D eigenvalue weighted by atomic mass is 10.1. The molecule has 0 aliphatic rings. The van der Waals surface area contributed by atoms with Crippen molar-refractivity contribution in [1.29, 1.82) is 0 Å². The van der Waals surface area contributed by atoms with Crippen LogP contribution in [0.3, 0.4) is 0 Å². The summed E-state index contributed by atoms with van der Waals surface area (Å²) >= 11 is 0. The van der Waals surface area contributed by atoms with E-state index in [4.69, 9.17) is 4.43 Å². The van der Waals surface area contributed by atoms with E-state index in [-0.39, 0.29) is 17.1 Å². The number of carbonyl (C=O) groups is 2. The van der Waals surface area contributed by atoms with E-state index in [2.05, 4.69) is 39.2 Å². The molecule has 0 aliphatic heterocycles. The molecule has 0 atom stereocenters. The lowest BCUT2D eigenvalue weighted by molar-refractivity contribution is -0.117. The molecule has 22 heavy (non-hydrogen) atoms. The van der Waals surface area contributed by atoms with Crippen LogP contribution >= 0.6 is 0 Å². The highest BCUT2D eigenvalue weighted by atomic mass is 28.4. The highest BCUT2D eigenvalue weighted by Gasteiger charge is 2.36. The fourth-order valence-corrected chi connectivity index (χ4v) is 2.58. The average Bonchev–Trinajstić information content (AvgIpc) is 2.42. The topological polar surface area (TPSA) is 55.4 Å². The molecule has 4 nitrogen and oxygen atoms in total. The number of hydrogen-bond donors (Lipinski definition) is 1. The minimum Gasteiger partial charge on any atom is -0.415 e. The Balaban J connectivity index is 2.48. The molecule has 0 spiro atoms. The maximum atomic E-state index is 13.5. The Bertz CT molecular complexity index is 553. The highest BCUT2D eigenvalue weighted by Crippen LogP contribution is 2.36. The Morgan fingerprint density at radius 3 is 2.36 bits per heavy atom. The molecule has 0 fully saturated rings. The smallest absolute Gasteiger partial charge is 0.292 e. The van der Waals surface area contributed by atoms with Gasteiger partial charge in [-0.3, -0.25) is 9.59 Å². The zero-order valence-electron chi connectivity index (χ0n) is 13.8. The summed E-state index contributed by atoms with van der Waals surface area (Å²) in [5.74, 6) is -2.38. The van der Waals surface area contributed by atoms with Crippen LogP contribution in [0.25, 0.3) is 0 Å². The van der Waals surface area contributed by atoms with Crippen LogP contribution in [-0.4, -0.2) is 33.2 Å². The number of nitrogens with one attached hydrogen (secondary N) is 1. The van der Waals surface area contributed by atoms with Crippen molar-refractivity contribution in [3.05, 3.63) is 35.6 Å². The number of benzene rings is 1. The molecule has 0 saturated heterocycles. The zero-order valence-corrected chi connectivity index (χ0v) is 14.8. The minimum atomic E-state index is -1.87. The Kier molecular flexibility index (Phi) is 6.02. The van der Waals surface area contributed by atoms with E-state index in [1.165, 1.54) is 18.2 Å². The number of halogens is 1. The van der Waals surface area contributed by atoms with Crippen LogP contribution < -0.4 is 5.32 Å². The fourth-order valence-electron chi connectivity index (χ4n) is 1.54. The van der Waals surface area contributed by atoms with Crippen molar-refractivity contribution in [3.63, 3.8) is 0 Å². The number of ketones is 1. The molecule has 1 amide bonds. The first-order valence-electron chi connectivity index (χ1n) is 7.27. The maximum Gasteiger partial charge on any atom is 0.292 e. The van der Waals surface area contributed by atoms with Gasteiger partial charge in [0.05, 0.1) is 12.2 Å². The molecule has 0 saturated carbocycles. The van der Waals surface area contributed by atoms with E-state index >= 15 is 0 Å². The molecule has 0 bridgehead atoms. The molecule has 0 radical (unpaired) electrons. The molecule has 1 N–H and O–H groups in total. The Morgan fingerprint density at radius 2 is 1.82 bits per heavy atom. The van der Waals surface area contributed by atoms with Crippen molar-refractivity contribution in [3.8, 4) is 0 Å². The molecule has 0 heterocycles. The first-order valence-corrected chi connectivity index (χ1v) is 10.2. The van der Waals surface area contributed by atoms with Crippen LogP contribution in [0, 0.1) is 5.82 Å². The van der Waals surface area contributed by atoms with E-state index in [1.54, 1.807) is 0 Å². The number of hydrogen-bond acceptors (Lipinski definition) is 3. The summed E-state index contributed by atoms with van der Waals surface area (Å²) in [5, 5.41) is 2.56. The van der Waals surface area contributed by atoms with E-state index in [0.29, 0.717) is 6.61 Å². The largest absolute Gasteiger partial charge is 0.415 e. The first kappa shape index (κ1) is 18.5. The van der Waals surface area contributed by atoms with Gasteiger partial charge in [0.1, 0.15) is 5.82 Å². The number of Topliss-reactive ketones (excluding diaryl/α,β-unsaturated/α-hetero) is 1. The van der Waals surface area contributed by atoms with Gasteiger partial charge in [0.2, 0.25) is 0 Å². The second-order valence-corrected chi connectivity index (χ2v) is 11.5. The van der Waals surface area contributed by atoms with Crippen LogP contribution in [0.2, 0.25) is 18.1 Å². The van der Waals surface area contributed by atoms with Crippen molar-refractivity contribution in [2.24, 2.45) is 0 Å². The predicted octanol–water partition coefficient (Wildman–Crippen LogP) is 3.15. The molecular weight excluding hydrogens is 301 g/mol.